The summed E-state index contributed by atoms with van der Waals surface area (Å²) in [7, 11) is 0. The minimum Gasteiger partial charge on any atom is -0.379 e. The Bertz CT molecular complexity index is 719. The number of nitrogens with zero attached hydrogens (tertiary/aromatic N) is 1. The first-order valence-corrected chi connectivity index (χ1v) is 8.11. The van der Waals surface area contributed by atoms with Gasteiger partial charge in [0, 0.05) is 25.2 Å². The van der Waals surface area contributed by atoms with E-state index in [1.807, 2.05) is 12.1 Å². The van der Waals surface area contributed by atoms with E-state index in [2.05, 4.69) is 40.5 Å². The smallest absolute Gasteiger partial charge is 0.228 e. The van der Waals surface area contributed by atoms with E-state index in [0.717, 1.165) is 55.2 Å². The van der Waals surface area contributed by atoms with Crippen molar-refractivity contribution >= 4 is 11.6 Å². The summed E-state index contributed by atoms with van der Waals surface area (Å²) in [6.45, 7) is 4.62. The highest BCUT2D eigenvalue weighted by Gasteiger charge is 2.20. The second kappa shape index (κ2) is 6.14. The Balaban J connectivity index is 1.55. The molecule has 2 aliphatic heterocycles. The van der Waals surface area contributed by atoms with Crippen LogP contribution in [0.5, 0.6) is 0 Å². The number of para-hydroxylation sites is 1. The Morgan fingerprint density at radius 1 is 1.04 bits per heavy atom. The van der Waals surface area contributed by atoms with Crippen LogP contribution in [0.15, 0.2) is 42.5 Å². The highest BCUT2D eigenvalue weighted by Crippen LogP contribution is 2.34. The molecule has 2 aliphatic rings. The molecule has 2 aromatic carbocycles. The molecule has 4 nitrogen and oxygen atoms in total. The summed E-state index contributed by atoms with van der Waals surface area (Å²) in [6, 6.07) is 14.8. The molecule has 1 amide bonds. The molecule has 0 unspecified atom stereocenters. The van der Waals surface area contributed by atoms with Gasteiger partial charge in [0.2, 0.25) is 5.91 Å². The van der Waals surface area contributed by atoms with Crippen molar-refractivity contribution in [1.82, 2.24) is 4.90 Å². The molecule has 2 heterocycles. The van der Waals surface area contributed by atoms with Gasteiger partial charge in [0.05, 0.1) is 25.3 Å². The minimum atomic E-state index is 0.0800. The molecule has 1 saturated heterocycles. The lowest BCUT2D eigenvalue weighted by Gasteiger charge is -2.26. The first-order chi connectivity index (χ1) is 11.3. The summed E-state index contributed by atoms with van der Waals surface area (Å²) in [6.07, 6.45) is 0.484. The summed E-state index contributed by atoms with van der Waals surface area (Å²) >= 11 is 0. The molecule has 4 rings (SSSR count). The molecule has 2 aromatic rings. The molecule has 1 fully saturated rings. The van der Waals surface area contributed by atoms with Crippen LogP contribution in [-0.4, -0.2) is 37.1 Å². The van der Waals surface area contributed by atoms with Crippen LogP contribution < -0.4 is 5.32 Å². The van der Waals surface area contributed by atoms with Crippen molar-refractivity contribution in [2.75, 3.05) is 31.6 Å². The number of hydrogen-bond donors (Lipinski definition) is 1. The molecule has 0 saturated carbocycles. The van der Waals surface area contributed by atoms with Gasteiger partial charge in [0.1, 0.15) is 0 Å². The van der Waals surface area contributed by atoms with Gasteiger partial charge in [-0.05, 0) is 16.7 Å². The third kappa shape index (κ3) is 3.00. The second-order valence-corrected chi connectivity index (χ2v) is 6.15. The number of nitrogens with one attached hydrogen (secondary N) is 1. The predicted molar refractivity (Wildman–Crippen MR) is 90.3 cm³/mol. The van der Waals surface area contributed by atoms with Gasteiger partial charge in [-0.1, -0.05) is 42.5 Å². The molecule has 1 N–H and O–H groups in total. The predicted octanol–water partition coefficient (Wildman–Crippen LogP) is 2.68. The highest BCUT2D eigenvalue weighted by molar-refractivity contribution is 6.03. The van der Waals surface area contributed by atoms with E-state index in [1.165, 1.54) is 5.56 Å². The number of ether oxygens (including phenoxy) is 1. The van der Waals surface area contributed by atoms with Crippen molar-refractivity contribution in [2.45, 2.75) is 13.0 Å². The summed E-state index contributed by atoms with van der Waals surface area (Å²) in [5.41, 5.74) is 5.62. The lowest BCUT2D eigenvalue weighted by molar-refractivity contribution is -0.115. The minimum absolute atomic E-state index is 0.0800. The fraction of sp³-hybridized carbons (Fsp3) is 0.316. The van der Waals surface area contributed by atoms with Crippen molar-refractivity contribution in [3.05, 3.63) is 53.6 Å². The van der Waals surface area contributed by atoms with Crippen LogP contribution in [0.3, 0.4) is 0 Å². The Labute approximate surface area is 136 Å². The lowest BCUT2D eigenvalue weighted by atomic mass is 9.99. The zero-order valence-electron chi connectivity index (χ0n) is 13.0. The maximum absolute atomic E-state index is 11.6. The van der Waals surface area contributed by atoms with Crippen LogP contribution in [0.4, 0.5) is 5.69 Å². The van der Waals surface area contributed by atoms with Crippen LogP contribution in [0, 0.1) is 0 Å². The molecule has 0 spiro atoms. The topological polar surface area (TPSA) is 41.6 Å². The largest absolute Gasteiger partial charge is 0.379 e. The van der Waals surface area contributed by atoms with Gasteiger partial charge in [0.15, 0.2) is 0 Å². The van der Waals surface area contributed by atoms with Crippen molar-refractivity contribution in [1.29, 1.82) is 0 Å². The average Bonchev–Trinajstić information content (AvgIpc) is 2.97. The third-order valence-corrected chi connectivity index (χ3v) is 4.54. The molecule has 0 atom stereocenters. The van der Waals surface area contributed by atoms with Gasteiger partial charge in [-0.15, -0.1) is 0 Å². The molecule has 23 heavy (non-hydrogen) atoms. The van der Waals surface area contributed by atoms with Gasteiger partial charge in [-0.25, -0.2) is 0 Å². The van der Waals surface area contributed by atoms with Crippen molar-refractivity contribution in [3.8, 4) is 11.1 Å². The molecule has 0 aromatic heterocycles. The fourth-order valence-corrected chi connectivity index (χ4v) is 3.30. The van der Waals surface area contributed by atoms with Gasteiger partial charge < -0.3 is 10.1 Å². The Morgan fingerprint density at radius 3 is 2.61 bits per heavy atom. The van der Waals surface area contributed by atoms with E-state index in [0.29, 0.717) is 6.42 Å². The van der Waals surface area contributed by atoms with Gasteiger partial charge in [-0.2, -0.15) is 0 Å². The Hall–Kier alpha value is -2.17. The molecule has 0 radical (unpaired) electrons. The number of morpholine rings is 1. The van der Waals surface area contributed by atoms with E-state index in [1.54, 1.807) is 0 Å². The van der Waals surface area contributed by atoms with Crippen molar-refractivity contribution < 1.29 is 9.53 Å². The second-order valence-electron chi connectivity index (χ2n) is 6.15. The third-order valence-electron chi connectivity index (χ3n) is 4.54. The van der Waals surface area contributed by atoms with Gasteiger partial charge in [0.25, 0.3) is 0 Å². The number of fused-ring (bicyclic) bond motifs is 1. The normalized spacial score (nSPS) is 17.8. The van der Waals surface area contributed by atoms with Crippen LogP contribution >= 0.6 is 0 Å². The molecular weight excluding hydrogens is 288 g/mol. The van der Waals surface area contributed by atoms with E-state index >= 15 is 0 Å². The van der Waals surface area contributed by atoms with Crippen molar-refractivity contribution in [3.63, 3.8) is 0 Å². The molecule has 0 bridgehead atoms. The molecule has 118 valence electrons. The first kappa shape index (κ1) is 14.4. The van der Waals surface area contributed by atoms with E-state index in [-0.39, 0.29) is 5.91 Å². The number of anilines is 1. The molecule has 4 heteroatoms. The number of hydrogen-bond acceptors (Lipinski definition) is 3. The maximum atomic E-state index is 11.6. The SMILES string of the molecule is O=C1Cc2cccc(-c3ccc(CN4CCOCC4)cc3)c2N1. The average molecular weight is 308 g/mol. The van der Waals surface area contributed by atoms with Crippen LogP contribution in [0.25, 0.3) is 11.1 Å². The summed E-state index contributed by atoms with van der Waals surface area (Å²) in [4.78, 5) is 14.0. The molecular formula is C19H20N2O2. The number of benzene rings is 2. The summed E-state index contributed by atoms with van der Waals surface area (Å²) in [5.74, 6) is 0.0800. The van der Waals surface area contributed by atoms with Crippen LogP contribution in [0.1, 0.15) is 11.1 Å². The van der Waals surface area contributed by atoms with E-state index in [9.17, 15) is 4.79 Å². The number of rotatable bonds is 3. The Morgan fingerprint density at radius 2 is 1.83 bits per heavy atom. The number of amides is 1. The first-order valence-electron chi connectivity index (χ1n) is 8.11. The van der Waals surface area contributed by atoms with Crippen LogP contribution in [0.2, 0.25) is 0 Å². The Kier molecular flexibility index (Phi) is 3.85. The lowest BCUT2D eigenvalue weighted by Crippen LogP contribution is -2.35. The van der Waals surface area contributed by atoms with E-state index in [4.69, 9.17) is 4.74 Å². The zero-order valence-corrected chi connectivity index (χ0v) is 13.0. The number of carbonyl (C=O) groups is 1. The van der Waals surface area contributed by atoms with E-state index < -0.39 is 0 Å². The van der Waals surface area contributed by atoms with Crippen LogP contribution in [-0.2, 0) is 22.5 Å². The van der Waals surface area contributed by atoms with Gasteiger partial charge >= 0.3 is 0 Å². The number of carbonyl (C=O) groups excluding carboxylic acids is 1. The van der Waals surface area contributed by atoms with Gasteiger partial charge in [-0.3, -0.25) is 9.69 Å². The monoisotopic (exact) mass is 308 g/mol. The quantitative estimate of drug-likeness (QED) is 0.948. The fourth-order valence-electron chi connectivity index (χ4n) is 3.30. The summed E-state index contributed by atoms with van der Waals surface area (Å²) < 4.78 is 5.39. The molecule has 0 aliphatic carbocycles. The summed E-state index contributed by atoms with van der Waals surface area (Å²) in [5, 5.41) is 2.98. The van der Waals surface area contributed by atoms with Crippen molar-refractivity contribution in [2.24, 2.45) is 0 Å². The zero-order chi connectivity index (χ0) is 15.6. The maximum Gasteiger partial charge on any atom is 0.228 e. The highest BCUT2D eigenvalue weighted by atomic mass is 16.5. The standard InChI is InChI=1S/C19H20N2O2/c22-18-12-16-2-1-3-17(19(16)20-18)15-6-4-14(5-7-15)13-21-8-10-23-11-9-21/h1-7H,8-13H2,(H,20,22).